The molecule has 6 heteroatoms. The fourth-order valence-electron chi connectivity index (χ4n) is 4.56. The molecular weight excluding hydrogens is 350 g/mol. The van der Waals surface area contributed by atoms with E-state index in [4.69, 9.17) is 0 Å². The molecule has 1 aliphatic heterocycles. The zero-order chi connectivity index (χ0) is 19.5. The Kier molecular flexibility index (Phi) is 5.48. The zero-order valence-electron chi connectivity index (χ0n) is 16.4. The van der Waals surface area contributed by atoms with Crippen LogP contribution in [-0.4, -0.2) is 35.6 Å². The van der Waals surface area contributed by atoms with Crippen molar-refractivity contribution in [3.8, 4) is 0 Å². The molecule has 0 bridgehead atoms. The summed E-state index contributed by atoms with van der Waals surface area (Å²) in [6.07, 6.45) is 8.33. The summed E-state index contributed by atoms with van der Waals surface area (Å²) in [7, 11) is 0. The normalized spacial score (nSPS) is 20.2. The number of piperidine rings is 1. The molecule has 3 heterocycles. The second-order valence-corrected chi connectivity index (χ2v) is 7.50. The van der Waals surface area contributed by atoms with Gasteiger partial charge in [0.15, 0.2) is 5.82 Å². The van der Waals surface area contributed by atoms with E-state index in [0.29, 0.717) is 11.5 Å². The molecule has 0 radical (unpaired) electrons. The largest absolute Gasteiger partial charge is 0.317 e. The van der Waals surface area contributed by atoms with Gasteiger partial charge in [0.1, 0.15) is 5.69 Å². The lowest BCUT2D eigenvalue weighted by Crippen LogP contribution is -2.34. The smallest absolute Gasteiger partial charge is 0.256 e. The summed E-state index contributed by atoms with van der Waals surface area (Å²) in [5.41, 5.74) is 3.79. The van der Waals surface area contributed by atoms with Gasteiger partial charge in [-0.2, -0.15) is 0 Å². The highest BCUT2D eigenvalue weighted by Gasteiger charge is 2.29. The van der Waals surface area contributed by atoms with Gasteiger partial charge in [-0.3, -0.25) is 19.3 Å². The number of fused-ring (bicyclic) bond motifs is 1. The number of aliphatic imine (C=N–C) groups is 2. The van der Waals surface area contributed by atoms with Gasteiger partial charge in [-0.05, 0) is 82.4 Å². The maximum Gasteiger partial charge on any atom is 0.256 e. The van der Waals surface area contributed by atoms with Crippen molar-refractivity contribution in [1.82, 2.24) is 14.9 Å². The standard InChI is InChI=1S/C22H27N5O/c1-3-25-21-19(23-2)14-17(15-9-12-24-13-10-15)22(28)27(21)20-8-4-7-18-16(20)6-5-11-26-18/h3,5-6,11,14-15,20,24H,2,4,7-10,12-13H2,1H3/b25-3-. The molecule has 6 nitrogen and oxygen atoms in total. The third kappa shape index (κ3) is 3.33. The van der Waals surface area contributed by atoms with Crippen LogP contribution >= 0.6 is 0 Å². The summed E-state index contributed by atoms with van der Waals surface area (Å²) in [6, 6.07) is 5.90. The van der Waals surface area contributed by atoms with Crippen molar-refractivity contribution in [1.29, 1.82) is 0 Å². The fraction of sp³-hybridized carbons (Fsp3) is 0.455. The maximum absolute atomic E-state index is 13.7. The Balaban J connectivity index is 1.94. The highest BCUT2D eigenvalue weighted by molar-refractivity contribution is 5.69. The van der Waals surface area contributed by atoms with Gasteiger partial charge in [0, 0.05) is 23.7 Å². The van der Waals surface area contributed by atoms with Gasteiger partial charge in [-0.25, -0.2) is 4.99 Å². The lowest BCUT2D eigenvalue weighted by Gasteiger charge is -2.30. The van der Waals surface area contributed by atoms with Crippen LogP contribution < -0.4 is 10.9 Å². The Labute approximate surface area is 165 Å². The average molecular weight is 377 g/mol. The molecule has 0 spiro atoms. The minimum atomic E-state index is -0.0641. The third-order valence-corrected chi connectivity index (χ3v) is 5.90. The van der Waals surface area contributed by atoms with Crippen LogP contribution in [0.3, 0.4) is 0 Å². The number of hydrogen-bond donors (Lipinski definition) is 1. The van der Waals surface area contributed by atoms with Gasteiger partial charge in [-0.15, -0.1) is 0 Å². The van der Waals surface area contributed by atoms with Crippen LogP contribution in [0.4, 0.5) is 11.5 Å². The fourth-order valence-corrected chi connectivity index (χ4v) is 4.56. The molecule has 1 fully saturated rings. The Bertz CT molecular complexity index is 956. The second-order valence-electron chi connectivity index (χ2n) is 7.50. The Morgan fingerprint density at radius 3 is 2.86 bits per heavy atom. The number of aromatic nitrogens is 2. The molecule has 1 atom stereocenters. The van der Waals surface area contributed by atoms with Crippen LogP contribution in [0.5, 0.6) is 0 Å². The SMILES string of the molecule is C=Nc1cc(C2CCNCC2)c(=O)n(C2CCCc3ncccc32)c1/N=C\C. The van der Waals surface area contributed by atoms with Gasteiger partial charge in [0.05, 0.1) is 6.04 Å². The van der Waals surface area contributed by atoms with Crippen molar-refractivity contribution in [2.45, 2.75) is 51.0 Å². The first-order chi connectivity index (χ1) is 13.7. The van der Waals surface area contributed by atoms with Gasteiger partial charge in [0.2, 0.25) is 0 Å². The number of aryl methyl sites for hydroxylation is 1. The van der Waals surface area contributed by atoms with Crippen LogP contribution in [0.1, 0.15) is 61.4 Å². The molecule has 1 aliphatic carbocycles. The van der Waals surface area contributed by atoms with Crippen molar-refractivity contribution in [2.75, 3.05) is 13.1 Å². The van der Waals surface area contributed by atoms with E-state index < -0.39 is 0 Å². The Hall–Kier alpha value is -2.60. The van der Waals surface area contributed by atoms with E-state index in [2.05, 4.69) is 33.1 Å². The number of nitrogens with zero attached hydrogens (tertiary/aromatic N) is 4. The van der Waals surface area contributed by atoms with Gasteiger partial charge in [-0.1, -0.05) is 6.07 Å². The topological polar surface area (TPSA) is 71.6 Å². The molecule has 1 unspecified atom stereocenters. The van der Waals surface area contributed by atoms with E-state index in [1.807, 2.05) is 29.8 Å². The molecule has 1 saturated heterocycles. The zero-order valence-corrected chi connectivity index (χ0v) is 16.4. The van der Waals surface area contributed by atoms with E-state index in [1.54, 1.807) is 6.21 Å². The predicted molar refractivity (Wildman–Crippen MR) is 114 cm³/mol. The number of nitrogens with one attached hydrogen (secondary N) is 1. The second kappa shape index (κ2) is 8.19. The predicted octanol–water partition coefficient (Wildman–Crippen LogP) is 3.69. The number of rotatable bonds is 4. The third-order valence-electron chi connectivity index (χ3n) is 5.90. The quantitative estimate of drug-likeness (QED) is 0.826. The van der Waals surface area contributed by atoms with E-state index in [-0.39, 0.29) is 17.5 Å². The van der Waals surface area contributed by atoms with Crippen LogP contribution in [0, 0.1) is 0 Å². The number of pyridine rings is 2. The van der Waals surface area contributed by atoms with Crippen LogP contribution in [0.15, 0.2) is 39.2 Å². The first-order valence-electron chi connectivity index (χ1n) is 10.1. The summed E-state index contributed by atoms with van der Waals surface area (Å²) in [5.74, 6) is 0.846. The van der Waals surface area contributed by atoms with Crippen LogP contribution in [-0.2, 0) is 6.42 Å². The molecule has 0 saturated carbocycles. The molecule has 28 heavy (non-hydrogen) atoms. The summed E-state index contributed by atoms with van der Waals surface area (Å²) in [4.78, 5) is 27.1. The highest BCUT2D eigenvalue weighted by atomic mass is 16.1. The van der Waals surface area contributed by atoms with Gasteiger partial charge in [0.25, 0.3) is 5.56 Å². The van der Waals surface area contributed by atoms with Gasteiger partial charge >= 0.3 is 0 Å². The van der Waals surface area contributed by atoms with Gasteiger partial charge < -0.3 is 5.32 Å². The average Bonchev–Trinajstić information content (AvgIpc) is 2.75. The summed E-state index contributed by atoms with van der Waals surface area (Å²) in [5, 5.41) is 3.38. The van der Waals surface area contributed by atoms with Crippen molar-refractivity contribution in [3.05, 3.63) is 51.6 Å². The molecule has 4 rings (SSSR count). The first kappa shape index (κ1) is 18.7. The van der Waals surface area contributed by atoms with E-state index in [1.165, 1.54) is 0 Å². The van der Waals surface area contributed by atoms with Crippen molar-refractivity contribution >= 4 is 24.4 Å². The Morgan fingerprint density at radius 2 is 2.11 bits per heavy atom. The molecule has 1 N–H and O–H groups in total. The lowest BCUT2D eigenvalue weighted by molar-refractivity contribution is 0.442. The summed E-state index contributed by atoms with van der Waals surface area (Å²) >= 11 is 0. The molecular formula is C22H27N5O. The Morgan fingerprint density at radius 1 is 1.29 bits per heavy atom. The van der Waals surface area contributed by atoms with Crippen LogP contribution in [0.25, 0.3) is 0 Å². The summed E-state index contributed by atoms with van der Waals surface area (Å²) < 4.78 is 1.86. The lowest BCUT2D eigenvalue weighted by atomic mass is 9.88. The molecule has 2 aliphatic rings. The van der Waals surface area contributed by atoms with Crippen molar-refractivity contribution < 1.29 is 0 Å². The molecule has 2 aromatic rings. The highest BCUT2D eigenvalue weighted by Crippen LogP contribution is 2.38. The van der Waals surface area contributed by atoms with E-state index >= 15 is 0 Å². The minimum absolute atomic E-state index is 0.0570. The van der Waals surface area contributed by atoms with E-state index in [9.17, 15) is 4.79 Å². The van der Waals surface area contributed by atoms with Crippen LogP contribution in [0.2, 0.25) is 0 Å². The van der Waals surface area contributed by atoms with Crippen molar-refractivity contribution in [2.24, 2.45) is 9.98 Å². The molecule has 2 aromatic heterocycles. The minimum Gasteiger partial charge on any atom is -0.317 e. The summed E-state index contributed by atoms with van der Waals surface area (Å²) in [6.45, 7) is 7.49. The van der Waals surface area contributed by atoms with Crippen molar-refractivity contribution in [3.63, 3.8) is 0 Å². The molecule has 0 amide bonds. The molecule has 146 valence electrons. The molecule has 0 aromatic carbocycles. The monoisotopic (exact) mass is 377 g/mol. The number of hydrogen-bond acceptors (Lipinski definition) is 5. The van der Waals surface area contributed by atoms with E-state index in [0.717, 1.165) is 62.0 Å². The maximum atomic E-state index is 13.7. The first-order valence-corrected chi connectivity index (χ1v) is 10.1.